The van der Waals surface area contributed by atoms with Crippen molar-refractivity contribution in [3.8, 4) is 6.07 Å². The first-order valence-electron chi connectivity index (χ1n) is 4.67. The van der Waals surface area contributed by atoms with Gasteiger partial charge in [-0.25, -0.2) is 0 Å². The Labute approximate surface area is 74.8 Å². The SMILES string of the molecule is CC(N)C(C)C1(CC#N)CC1C. The summed E-state index contributed by atoms with van der Waals surface area (Å²) in [5.74, 6) is 1.17. The second-order valence-electron chi connectivity index (χ2n) is 4.32. The van der Waals surface area contributed by atoms with Crippen molar-refractivity contribution >= 4 is 0 Å². The van der Waals surface area contributed by atoms with Gasteiger partial charge in [0.15, 0.2) is 0 Å². The second kappa shape index (κ2) is 3.06. The van der Waals surface area contributed by atoms with E-state index in [0.29, 0.717) is 18.3 Å². The average Bonchev–Trinajstić information content (AvgIpc) is 2.62. The van der Waals surface area contributed by atoms with E-state index in [1.807, 2.05) is 6.92 Å². The highest BCUT2D eigenvalue weighted by Crippen LogP contribution is 2.60. The lowest BCUT2D eigenvalue weighted by molar-refractivity contribution is 0.274. The van der Waals surface area contributed by atoms with Crippen LogP contribution < -0.4 is 5.73 Å². The summed E-state index contributed by atoms with van der Waals surface area (Å²) in [7, 11) is 0. The summed E-state index contributed by atoms with van der Waals surface area (Å²) >= 11 is 0. The maximum Gasteiger partial charge on any atom is 0.0627 e. The molecule has 1 fully saturated rings. The summed E-state index contributed by atoms with van der Waals surface area (Å²) in [6.45, 7) is 6.43. The standard InChI is InChI=1S/C10H18N2/c1-7-6-10(7,4-5-11)8(2)9(3)12/h7-9H,4,6,12H2,1-3H3. The van der Waals surface area contributed by atoms with Crippen LogP contribution in [-0.4, -0.2) is 6.04 Å². The monoisotopic (exact) mass is 166 g/mol. The Morgan fingerprint density at radius 2 is 2.17 bits per heavy atom. The first kappa shape index (κ1) is 9.54. The van der Waals surface area contributed by atoms with Gasteiger partial charge in [0, 0.05) is 12.5 Å². The third-order valence-electron chi connectivity index (χ3n) is 3.61. The van der Waals surface area contributed by atoms with Crippen molar-refractivity contribution in [2.24, 2.45) is 23.0 Å². The molecule has 1 saturated carbocycles. The maximum absolute atomic E-state index is 8.70. The average molecular weight is 166 g/mol. The Balaban J connectivity index is 2.64. The summed E-state index contributed by atoms with van der Waals surface area (Å²) in [5, 5.41) is 8.70. The van der Waals surface area contributed by atoms with E-state index in [9.17, 15) is 0 Å². The lowest BCUT2D eigenvalue weighted by Crippen LogP contribution is -2.32. The molecule has 4 atom stereocenters. The molecule has 68 valence electrons. The van der Waals surface area contributed by atoms with Crippen molar-refractivity contribution in [3.05, 3.63) is 0 Å². The van der Waals surface area contributed by atoms with Gasteiger partial charge in [-0.1, -0.05) is 13.8 Å². The first-order valence-corrected chi connectivity index (χ1v) is 4.67. The minimum atomic E-state index is 0.211. The molecule has 1 aliphatic carbocycles. The van der Waals surface area contributed by atoms with Crippen LogP contribution in [0.15, 0.2) is 0 Å². The van der Waals surface area contributed by atoms with E-state index >= 15 is 0 Å². The predicted molar refractivity (Wildman–Crippen MR) is 49.3 cm³/mol. The van der Waals surface area contributed by atoms with E-state index in [4.69, 9.17) is 11.0 Å². The highest BCUT2D eigenvalue weighted by atomic mass is 14.7. The van der Waals surface area contributed by atoms with E-state index in [0.717, 1.165) is 0 Å². The molecule has 12 heavy (non-hydrogen) atoms. The predicted octanol–water partition coefficient (Wildman–Crippen LogP) is 1.91. The molecule has 4 unspecified atom stereocenters. The lowest BCUT2D eigenvalue weighted by Gasteiger charge is -2.25. The molecule has 0 radical (unpaired) electrons. The minimum absolute atomic E-state index is 0.211. The zero-order chi connectivity index (χ0) is 9.35. The number of nitriles is 1. The Morgan fingerprint density at radius 1 is 1.67 bits per heavy atom. The van der Waals surface area contributed by atoms with Crippen molar-refractivity contribution < 1.29 is 0 Å². The molecular weight excluding hydrogens is 148 g/mol. The minimum Gasteiger partial charge on any atom is -0.328 e. The summed E-state index contributed by atoms with van der Waals surface area (Å²) < 4.78 is 0. The fraction of sp³-hybridized carbons (Fsp3) is 0.900. The summed E-state index contributed by atoms with van der Waals surface area (Å²) in [4.78, 5) is 0. The number of hydrogen-bond donors (Lipinski definition) is 1. The van der Waals surface area contributed by atoms with Crippen LogP contribution in [0.3, 0.4) is 0 Å². The van der Waals surface area contributed by atoms with Gasteiger partial charge >= 0.3 is 0 Å². The molecule has 0 saturated heterocycles. The van der Waals surface area contributed by atoms with Crippen LogP contribution in [0.2, 0.25) is 0 Å². The van der Waals surface area contributed by atoms with Gasteiger partial charge in [-0.15, -0.1) is 0 Å². The molecule has 0 heterocycles. The first-order chi connectivity index (χ1) is 5.54. The van der Waals surface area contributed by atoms with Crippen LogP contribution in [0.4, 0.5) is 0 Å². The van der Waals surface area contributed by atoms with Gasteiger partial charge in [0.05, 0.1) is 6.07 Å². The Hall–Kier alpha value is -0.550. The van der Waals surface area contributed by atoms with E-state index in [1.54, 1.807) is 0 Å². The van der Waals surface area contributed by atoms with Crippen molar-refractivity contribution in [2.75, 3.05) is 0 Å². The Kier molecular flexibility index (Phi) is 2.44. The van der Waals surface area contributed by atoms with Crippen LogP contribution in [0.1, 0.15) is 33.6 Å². The summed E-state index contributed by atoms with van der Waals surface area (Å²) in [6, 6.07) is 2.49. The van der Waals surface area contributed by atoms with Crippen molar-refractivity contribution in [1.29, 1.82) is 5.26 Å². The van der Waals surface area contributed by atoms with Gasteiger partial charge in [-0.05, 0) is 30.6 Å². The Bertz CT molecular complexity index is 204. The molecule has 0 aromatic rings. The van der Waals surface area contributed by atoms with E-state index in [1.165, 1.54) is 6.42 Å². The topological polar surface area (TPSA) is 49.8 Å². The zero-order valence-corrected chi connectivity index (χ0v) is 8.17. The van der Waals surface area contributed by atoms with Crippen LogP contribution in [0, 0.1) is 28.6 Å². The molecule has 2 heteroatoms. The summed E-state index contributed by atoms with van der Waals surface area (Å²) in [6.07, 6.45) is 1.86. The van der Waals surface area contributed by atoms with Crippen molar-refractivity contribution in [3.63, 3.8) is 0 Å². The second-order valence-corrected chi connectivity index (χ2v) is 4.32. The normalized spacial score (nSPS) is 38.4. The smallest absolute Gasteiger partial charge is 0.0627 e. The van der Waals surface area contributed by atoms with Crippen molar-refractivity contribution in [1.82, 2.24) is 0 Å². The molecule has 0 aromatic heterocycles. The molecular formula is C10H18N2. The van der Waals surface area contributed by atoms with Crippen LogP contribution in [0.25, 0.3) is 0 Å². The zero-order valence-electron chi connectivity index (χ0n) is 8.17. The molecule has 0 aliphatic heterocycles. The van der Waals surface area contributed by atoms with Gasteiger partial charge in [0.1, 0.15) is 0 Å². The third-order valence-corrected chi connectivity index (χ3v) is 3.61. The van der Waals surface area contributed by atoms with Gasteiger partial charge in [0.2, 0.25) is 0 Å². The fourth-order valence-electron chi connectivity index (χ4n) is 2.22. The van der Waals surface area contributed by atoms with E-state index < -0.39 is 0 Å². The largest absolute Gasteiger partial charge is 0.328 e. The highest BCUT2D eigenvalue weighted by Gasteiger charge is 2.55. The number of nitrogens with two attached hydrogens (primary N) is 1. The van der Waals surface area contributed by atoms with Gasteiger partial charge in [0.25, 0.3) is 0 Å². The number of hydrogen-bond acceptors (Lipinski definition) is 2. The number of rotatable bonds is 3. The lowest BCUT2D eigenvalue weighted by atomic mass is 9.82. The van der Waals surface area contributed by atoms with Gasteiger partial charge in [-0.2, -0.15) is 5.26 Å². The van der Waals surface area contributed by atoms with Crippen molar-refractivity contribution in [2.45, 2.75) is 39.7 Å². The van der Waals surface area contributed by atoms with Crippen LogP contribution >= 0.6 is 0 Å². The maximum atomic E-state index is 8.70. The quantitative estimate of drug-likeness (QED) is 0.696. The molecule has 1 aliphatic rings. The highest BCUT2D eigenvalue weighted by molar-refractivity contribution is 5.08. The molecule has 2 N–H and O–H groups in total. The van der Waals surface area contributed by atoms with Gasteiger partial charge in [-0.3, -0.25) is 0 Å². The molecule has 0 bridgehead atoms. The molecule has 0 spiro atoms. The van der Waals surface area contributed by atoms with Crippen LogP contribution in [0.5, 0.6) is 0 Å². The molecule has 1 rings (SSSR count). The Morgan fingerprint density at radius 3 is 2.42 bits per heavy atom. The molecule has 0 amide bonds. The molecule has 0 aromatic carbocycles. The fourth-order valence-corrected chi connectivity index (χ4v) is 2.22. The molecule has 2 nitrogen and oxygen atoms in total. The van der Waals surface area contributed by atoms with Gasteiger partial charge < -0.3 is 5.73 Å². The number of nitrogens with zero attached hydrogens (tertiary/aromatic N) is 1. The summed E-state index contributed by atoms with van der Waals surface area (Å²) in [5.41, 5.74) is 6.10. The van der Waals surface area contributed by atoms with E-state index in [-0.39, 0.29) is 11.5 Å². The third kappa shape index (κ3) is 1.34. The van der Waals surface area contributed by atoms with E-state index in [2.05, 4.69) is 19.9 Å². The van der Waals surface area contributed by atoms with Crippen LogP contribution in [-0.2, 0) is 0 Å².